The van der Waals surface area contributed by atoms with E-state index in [1.807, 2.05) is 12.4 Å². The number of rotatable bonds is 8. The van der Waals surface area contributed by atoms with Crippen LogP contribution in [-0.4, -0.2) is 77.9 Å². The number of aromatic amines is 2. The van der Waals surface area contributed by atoms with E-state index < -0.39 is 0 Å². The highest BCUT2D eigenvalue weighted by Crippen LogP contribution is 2.49. The second-order valence-electron chi connectivity index (χ2n) is 11.0. The summed E-state index contributed by atoms with van der Waals surface area (Å²) in [6.45, 7) is 6.50. The van der Waals surface area contributed by atoms with E-state index in [2.05, 4.69) is 103 Å². The Bertz CT molecular complexity index is 1780. The lowest BCUT2D eigenvalue weighted by atomic mass is 10.0. The van der Waals surface area contributed by atoms with E-state index in [1.165, 1.54) is 0 Å². The minimum Gasteiger partial charge on any atom is -0.453 e. The first kappa shape index (κ1) is 26.0. The molecule has 1 fully saturated rings. The third-order valence-electron chi connectivity index (χ3n) is 8.38. The number of aromatic nitrogens is 4. The molecule has 0 saturated carbocycles. The van der Waals surface area contributed by atoms with Crippen molar-refractivity contribution >= 4 is 33.2 Å². The van der Waals surface area contributed by atoms with Crippen molar-refractivity contribution in [2.24, 2.45) is 0 Å². The summed E-state index contributed by atoms with van der Waals surface area (Å²) in [5.74, 6) is 1.65. The second-order valence-corrected chi connectivity index (χ2v) is 11.0. The molecule has 4 aromatic carbocycles. The first-order chi connectivity index (χ1) is 21.3. The Morgan fingerprint density at radius 1 is 0.651 bits per heavy atom. The molecule has 0 unspecified atom stereocenters. The second kappa shape index (κ2) is 11.2. The largest absolute Gasteiger partial charge is 0.453 e. The quantitative estimate of drug-likeness (QED) is 0.205. The van der Waals surface area contributed by atoms with Gasteiger partial charge in [0.15, 0.2) is 11.5 Å². The zero-order valence-electron chi connectivity index (χ0n) is 23.8. The number of H-pyrrole nitrogens is 2. The summed E-state index contributed by atoms with van der Waals surface area (Å²) in [6, 6.07) is 25.6. The van der Waals surface area contributed by atoms with Crippen molar-refractivity contribution in [1.29, 1.82) is 0 Å². The predicted molar refractivity (Wildman–Crippen MR) is 168 cm³/mol. The van der Waals surface area contributed by atoms with Gasteiger partial charge in [0.25, 0.3) is 0 Å². The Kier molecular flexibility index (Phi) is 6.75. The van der Waals surface area contributed by atoms with E-state index in [0.29, 0.717) is 19.8 Å². The summed E-state index contributed by atoms with van der Waals surface area (Å²) in [7, 11) is 0. The van der Waals surface area contributed by atoms with Crippen LogP contribution in [0, 0.1) is 0 Å². The minimum atomic E-state index is 0.612. The maximum absolute atomic E-state index is 6.65. The lowest BCUT2D eigenvalue weighted by Crippen LogP contribution is -2.38. The molecule has 2 N–H and O–H groups in total. The molecule has 0 atom stereocenters. The fourth-order valence-corrected chi connectivity index (χ4v) is 6.01. The summed E-state index contributed by atoms with van der Waals surface area (Å²) in [4.78, 5) is 4.71. The van der Waals surface area contributed by atoms with Gasteiger partial charge in [0, 0.05) is 37.0 Å². The van der Waals surface area contributed by atoms with Crippen molar-refractivity contribution in [3.05, 3.63) is 85.2 Å². The number of morpholine rings is 1. The highest BCUT2D eigenvalue weighted by Gasteiger charge is 2.25. The van der Waals surface area contributed by atoms with Crippen molar-refractivity contribution in [2.45, 2.75) is 0 Å². The molecule has 2 aliphatic rings. The van der Waals surface area contributed by atoms with Gasteiger partial charge >= 0.3 is 0 Å². The average molecular weight is 573 g/mol. The molecule has 9 heteroatoms. The Hall–Kier alpha value is -4.70. The van der Waals surface area contributed by atoms with Crippen LogP contribution in [0.1, 0.15) is 0 Å². The van der Waals surface area contributed by atoms with Gasteiger partial charge in [-0.05, 0) is 70.8 Å². The van der Waals surface area contributed by atoms with Crippen LogP contribution in [0.15, 0.2) is 85.2 Å². The van der Waals surface area contributed by atoms with E-state index in [-0.39, 0.29) is 0 Å². The van der Waals surface area contributed by atoms with Gasteiger partial charge in [-0.15, -0.1) is 0 Å². The fraction of sp³-hybridized carbons (Fsp3) is 0.235. The van der Waals surface area contributed by atoms with Gasteiger partial charge in [-0.2, -0.15) is 10.2 Å². The Balaban J connectivity index is 1.09. The predicted octanol–water partition coefficient (Wildman–Crippen LogP) is 6.37. The molecule has 1 saturated heterocycles. The third-order valence-corrected chi connectivity index (χ3v) is 8.38. The molecule has 8 rings (SSSR count). The van der Waals surface area contributed by atoms with Crippen LogP contribution in [0.5, 0.6) is 11.5 Å². The standard InChI is InChI=1S/C34H32N6O3/c1-5-29-27(21-35-37-29)17-23(1)25-3-7-31-33(19-25)43-34-20-26(24-2-6-30-28(18-24)22-36-38-30)4-8-32(34)40(31)12-16-42-15-11-39-9-13-41-14-10-39/h1-8,17-22H,9-16H2,(H,35,37)(H,36,38). The first-order valence-electron chi connectivity index (χ1n) is 14.8. The van der Waals surface area contributed by atoms with Gasteiger partial charge in [-0.25, -0.2) is 0 Å². The summed E-state index contributed by atoms with van der Waals surface area (Å²) in [5, 5.41) is 16.6. The molecule has 0 radical (unpaired) electrons. The van der Waals surface area contributed by atoms with Crippen molar-refractivity contribution < 1.29 is 14.2 Å². The number of hydrogen-bond donors (Lipinski definition) is 2. The molecule has 9 nitrogen and oxygen atoms in total. The first-order valence-corrected chi connectivity index (χ1v) is 14.8. The fourth-order valence-electron chi connectivity index (χ4n) is 6.01. The van der Waals surface area contributed by atoms with Gasteiger partial charge < -0.3 is 19.1 Å². The zero-order chi connectivity index (χ0) is 28.6. The van der Waals surface area contributed by atoms with Gasteiger partial charge in [-0.1, -0.05) is 24.3 Å². The number of hydrogen-bond acceptors (Lipinski definition) is 7. The molecular weight excluding hydrogens is 540 g/mol. The maximum atomic E-state index is 6.65. The SMILES string of the molecule is c1cc2c(cc1-c1ccc3[nH]ncc3c1)Oc1cc(-c3ccc4[nH]ncc4c3)ccc1N2CCOCCN1CCOCC1. The van der Waals surface area contributed by atoms with Crippen LogP contribution in [0.3, 0.4) is 0 Å². The molecule has 0 spiro atoms. The van der Waals surface area contributed by atoms with E-state index in [4.69, 9.17) is 14.2 Å². The highest BCUT2D eigenvalue weighted by molar-refractivity contribution is 5.88. The Labute approximate surface area is 249 Å². The van der Waals surface area contributed by atoms with Crippen LogP contribution in [0.4, 0.5) is 11.4 Å². The van der Waals surface area contributed by atoms with E-state index in [0.717, 1.165) is 99.8 Å². The number of benzene rings is 4. The number of anilines is 2. The smallest absolute Gasteiger partial charge is 0.151 e. The van der Waals surface area contributed by atoms with Crippen molar-refractivity contribution in [1.82, 2.24) is 25.3 Å². The molecule has 2 aromatic heterocycles. The third kappa shape index (κ3) is 5.12. The molecule has 0 bridgehead atoms. The molecule has 2 aliphatic heterocycles. The summed E-state index contributed by atoms with van der Waals surface area (Å²) < 4.78 is 18.3. The van der Waals surface area contributed by atoms with Gasteiger partial charge in [-0.3, -0.25) is 15.1 Å². The van der Waals surface area contributed by atoms with E-state index in [9.17, 15) is 0 Å². The van der Waals surface area contributed by atoms with E-state index in [1.54, 1.807) is 0 Å². The molecule has 6 aromatic rings. The summed E-state index contributed by atoms with van der Waals surface area (Å²) in [5.41, 5.74) is 8.52. The highest BCUT2D eigenvalue weighted by atomic mass is 16.5. The number of ether oxygens (including phenoxy) is 3. The molecule has 43 heavy (non-hydrogen) atoms. The molecule has 0 aliphatic carbocycles. The van der Waals surface area contributed by atoms with E-state index >= 15 is 0 Å². The average Bonchev–Trinajstić information content (AvgIpc) is 3.73. The van der Waals surface area contributed by atoms with Gasteiger partial charge in [0.1, 0.15) is 0 Å². The zero-order valence-corrected chi connectivity index (χ0v) is 23.8. The van der Waals surface area contributed by atoms with Crippen LogP contribution < -0.4 is 9.64 Å². The maximum Gasteiger partial charge on any atom is 0.151 e. The van der Waals surface area contributed by atoms with Crippen molar-refractivity contribution in [2.75, 3.05) is 57.5 Å². The molecule has 0 amide bonds. The monoisotopic (exact) mass is 572 g/mol. The number of fused-ring (bicyclic) bond motifs is 4. The Morgan fingerprint density at radius 3 is 1.79 bits per heavy atom. The molecule has 4 heterocycles. The van der Waals surface area contributed by atoms with Gasteiger partial charge in [0.2, 0.25) is 0 Å². The topological polar surface area (TPSA) is 91.5 Å². The summed E-state index contributed by atoms with van der Waals surface area (Å²) in [6.07, 6.45) is 3.71. The lowest BCUT2D eigenvalue weighted by molar-refractivity contribution is 0.0213. The minimum absolute atomic E-state index is 0.612. The number of nitrogens with zero attached hydrogens (tertiary/aromatic N) is 4. The van der Waals surface area contributed by atoms with Crippen LogP contribution in [0.2, 0.25) is 0 Å². The molecule has 216 valence electrons. The van der Waals surface area contributed by atoms with Crippen molar-refractivity contribution in [3.8, 4) is 33.8 Å². The van der Waals surface area contributed by atoms with Crippen LogP contribution in [-0.2, 0) is 9.47 Å². The van der Waals surface area contributed by atoms with Crippen LogP contribution >= 0.6 is 0 Å². The normalized spacial score (nSPS) is 15.0. The summed E-state index contributed by atoms with van der Waals surface area (Å²) >= 11 is 0. The lowest BCUT2D eigenvalue weighted by Gasteiger charge is -2.33. The van der Waals surface area contributed by atoms with Crippen LogP contribution in [0.25, 0.3) is 44.1 Å². The molecular formula is C34H32N6O3. The number of nitrogens with one attached hydrogen (secondary N) is 2. The van der Waals surface area contributed by atoms with Gasteiger partial charge in [0.05, 0.1) is 61.2 Å². The van der Waals surface area contributed by atoms with Crippen molar-refractivity contribution in [3.63, 3.8) is 0 Å². The Morgan fingerprint density at radius 2 is 1.19 bits per heavy atom.